The first-order valence-corrected chi connectivity index (χ1v) is 10.2. The molecule has 27 heavy (non-hydrogen) atoms. The molecule has 2 aromatic carbocycles. The maximum atomic E-state index is 12.3. The van der Waals surface area contributed by atoms with Crippen molar-refractivity contribution in [3.8, 4) is 11.5 Å². The van der Waals surface area contributed by atoms with E-state index in [1.807, 2.05) is 24.3 Å². The second-order valence-electron chi connectivity index (χ2n) is 6.37. The molecule has 1 aromatic heterocycles. The van der Waals surface area contributed by atoms with Gasteiger partial charge in [0.05, 0.1) is 5.75 Å². The van der Waals surface area contributed by atoms with Gasteiger partial charge in [-0.3, -0.25) is 4.79 Å². The lowest BCUT2D eigenvalue weighted by molar-refractivity contribution is -0.113. The summed E-state index contributed by atoms with van der Waals surface area (Å²) < 4.78 is 5.62. The lowest BCUT2D eigenvalue weighted by Crippen LogP contribution is -2.17. The van der Waals surface area contributed by atoms with Gasteiger partial charge in [0.1, 0.15) is 0 Å². The van der Waals surface area contributed by atoms with Crippen LogP contribution in [0.3, 0.4) is 0 Å². The largest absolute Gasteiger partial charge is 0.411 e. The molecule has 3 aromatic rings. The summed E-state index contributed by atoms with van der Waals surface area (Å²) in [6.45, 7) is 0. The fourth-order valence-electron chi connectivity index (χ4n) is 3.19. The molecular formula is C20H18ClN3O2S. The Hall–Kier alpha value is -2.31. The van der Waals surface area contributed by atoms with Crippen molar-refractivity contribution in [3.63, 3.8) is 0 Å². The zero-order valence-electron chi connectivity index (χ0n) is 14.6. The molecule has 1 amide bonds. The Morgan fingerprint density at radius 2 is 1.93 bits per heavy atom. The minimum absolute atomic E-state index is 0.0785. The van der Waals surface area contributed by atoms with Crippen molar-refractivity contribution in [2.45, 2.75) is 30.9 Å². The molecule has 1 N–H and O–H groups in total. The number of rotatable bonds is 5. The van der Waals surface area contributed by atoms with Crippen LogP contribution in [0.15, 0.2) is 52.1 Å². The minimum atomic E-state index is -0.0785. The van der Waals surface area contributed by atoms with Crippen LogP contribution >= 0.6 is 23.4 Å². The minimum Gasteiger partial charge on any atom is -0.411 e. The molecule has 1 aliphatic carbocycles. The van der Waals surface area contributed by atoms with Crippen LogP contribution in [0.25, 0.3) is 11.5 Å². The van der Waals surface area contributed by atoms with Crippen molar-refractivity contribution >= 4 is 35.0 Å². The van der Waals surface area contributed by atoms with Crippen LogP contribution in [0, 0.1) is 0 Å². The second kappa shape index (κ2) is 8.15. The average molecular weight is 400 g/mol. The molecule has 0 spiro atoms. The topological polar surface area (TPSA) is 68.0 Å². The van der Waals surface area contributed by atoms with Crippen molar-refractivity contribution in [1.82, 2.24) is 10.2 Å². The summed E-state index contributed by atoms with van der Waals surface area (Å²) in [5, 5.41) is 12.1. The third-order valence-electron chi connectivity index (χ3n) is 4.49. The summed E-state index contributed by atoms with van der Waals surface area (Å²) in [7, 11) is 0. The smallest absolute Gasteiger partial charge is 0.277 e. The Morgan fingerprint density at radius 1 is 1.11 bits per heavy atom. The van der Waals surface area contributed by atoms with E-state index >= 15 is 0 Å². The summed E-state index contributed by atoms with van der Waals surface area (Å²) in [6.07, 6.45) is 4.49. The molecule has 0 bridgehead atoms. The van der Waals surface area contributed by atoms with Crippen LogP contribution in [0.2, 0.25) is 5.02 Å². The summed E-state index contributed by atoms with van der Waals surface area (Å²) in [4.78, 5) is 12.3. The number of hydrogen-bond donors (Lipinski definition) is 1. The van der Waals surface area contributed by atoms with Gasteiger partial charge in [-0.1, -0.05) is 35.5 Å². The molecule has 7 heteroatoms. The molecule has 0 unspecified atom stereocenters. The number of hydrogen-bond acceptors (Lipinski definition) is 5. The molecule has 0 aliphatic heterocycles. The highest BCUT2D eigenvalue weighted by Crippen LogP contribution is 2.28. The second-order valence-corrected chi connectivity index (χ2v) is 7.73. The molecule has 138 valence electrons. The number of benzene rings is 2. The van der Waals surface area contributed by atoms with Crippen LogP contribution in [0.1, 0.15) is 24.0 Å². The Kier molecular flexibility index (Phi) is 5.45. The molecule has 0 saturated heterocycles. The van der Waals surface area contributed by atoms with Gasteiger partial charge < -0.3 is 9.73 Å². The lowest BCUT2D eigenvalue weighted by atomic mass is 9.90. The number of thioether (sulfide) groups is 1. The number of aryl methyl sites for hydroxylation is 1. The standard InChI is InChI=1S/C20H18ClN3O2S/c21-15-10-8-14(9-11-15)19-23-24-20(26-19)27-12-18(25)22-17-7-3-5-13-4-1-2-6-16(13)17/h3,5,7-11H,1-2,4,6,12H2,(H,22,25). The fraction of sp³-hybridized carbons (Fsp3) is 0.250. The maximum Gasteiger partial charge on any atom is 0.277 e. The number of fused-ring (bicyclic) bond motifs is 1. The molecule has 0 atom stereocenters. The van der Waals surface area contributed by atoms with Crippen molar-refractivity contribution in [3.05, 3.63) is 58.6 Å². The maximum absolute atomic E-state index is 12.3. The van der Waals surface area contributed by atoms with Gasteiger partial charge in [0.25, 0.3) is 5.22 Å². The van der Waals surface area contributed by atoms with Gasteiger partial charge in [0.15, 0.2) is 0 Å². The van der Waals surface area contributed by atoms with Gasteiger partial charge >= 0.3 is 0 Å². The number of amides is 1. The molecule has 1 aliphatic rings. The van der Waals surface area contributed by atoms with Gasteiger partial charge in [0.2, 0.25) is 11.8 Å². The number of halogens is 1. The first-order valence-electron chi connectivity index (χ1n) is 8.82. The lowest BCUT2D eigenvalue weighted by Gasteiger charge is -2.19. The molecule has 0 radical (unpaired) electrons. The monoisotopic (exact) mass is 399 g/mol. The zero-order valence-corrected chi connectivity index (χ0v) is 16.1. The number of nitrogens with one attached hydrogen (secondary N) is 1. The summed E-state index contributed by atoms with van der Waals surface area (Å²) in [5.41, 5.74) is 4.32. The SMILES string of the molecule is O=C(CSc1nnc(-c2ccc(Cl)cc2)o1)Nc1cccc2c1CCCC2. The van der Waals surface area contributed by atoms with E-state index in [1.165, 1.54) is 35.7 Å². The van der Waals surface area contributed by atoms with Crippen molar-refractivity contribution in [2.75, 3.05) is 11.1 Å². The van der Waals surface area contributed by atoms with Gasteiger partial charge in [-0.2, -0.15) is 0 Å². The van der Waals surface area contributed by atoms with Crippen LogP contribution < -0.4 is 5.32 Å². The average Bonchev–Trinajstić information content (AvgIpc) is 3.16. The number of carbonyl (C=O) groups is 1. The molecule has 5 nitrogen and oxygen atoms in total. The Balaban J connectivity index is 1.37. The molecular weight excluding hydrogens is 382 g/mol. The number of anilines is 1. The van der Waals surface area contributed by atoms with E-state index in [0.29, 0.717) is 16.1 Å². The van der Waals surface area contributed by atoms with E-state index in [0.717, 1.165) is 24.1 Å². The first kappa shape index (κ1) is 18.1. The van der Waals surface area contributed by atoms with Crippen LogP contribution in [0.5, 0.6) is 0 Å². The zero-order chi connectivity index (χ0) is 18.6. The van der Waals surface area contributed by atoms with E-state index in [2.05, 4.69) is 21.6 Å². The highest BCUT2D eigenvalue weighted by atomic mass is 35.5. The van der Waals surface area contributed by atoms with Gasteiger partial charge in [-0.15, -0.1) is 10.2 Å². The summed E-state index contributed by atoms with van der Waals surface area (Å²) in [5.74, 6) is 0.545. The van der Waals surface area contributed by atoms with Crippen molar-refractivity contribution in [2.24, 2.45) is 0 Å². The third-order valence-corrected chi connectivity index (χ3v) is 5.56. The van der Waals surface area contributed by atoms with Gasteiger partial charge in [-0.25, -0.2) is 0 Å². The Labute approximate surface area is 166 Å². The van der Waals surface area contributed by atoms with E-state index in [9.17, 15) is 4.79 Å². The highest BCUT2D eigenvalue weighted by Gasteiger charge is 2.16. The van der Waals surface area contributed by atoms with Crippen LogP contribution in [0.4, 0.5) is 5.69 Å². The Morgan fingerprint density at radius 3 is 2.78 bits per heavy atom. The van der Waals surface area contributed by atoms with Crippen molar-refractivity contribution in [1.29, 1.82) is 0 Å². The summed E-state index contributed by atoms with van der Waals surface area (Å²) >= 11 is 7.11. The van der Waals surface area contributed by atoms with E-state index in [1.54, 1.807) is 12.1 Å². The quantitative estimate of drug-likeness (QED) is 0.611. The molecule has 1 heterocycles. The predicted molar refractivity (Wildman–Crippen MR) is 107 cm³/mol. The molecule has 0 fully saturated rings. The third kappa shape index (κ3) is 4.34. The Bertz CT molecular complexity index is 956. The molecule has 0 saturated carbocycles. The van der Waals surface area contributed by atoms with Gasteiger partial charge in [0, 0.05) is 16.3 Å². The van der Waals surface area contributed by atoms with Crippen LogP contribution in [-0.2, 0) is 17.6 Å². The van der Waals surface area contributed by atoms with E-state index in [-0.39, 0.29) is 11.7 Å². The first-order chi connectivity index (χ1) is 13.2. The van der Waals surface area contributed by atoms with Crippen LogP contribution in [-0.4, -0.2) is 21.9 Å². The highest BCUT2D eigenvalue weighted by molar-refractivity contribution is 7.99. The van der Waals surface area contributed by atoms with Gasteiger partial charge in [-0.05, 0) is 67.1 Å². The number of nitrogens with zero attached hydrogens (tertiary/aromatic N) is 2. The summed E-state index contributed by atoms with van der Waals surface area (Å²) in [6, 6.07) is 13.3. The van der Waals surface area contributed by atoms with E-state index < -0.39 is 0 Å². The normalized spacial score (nSPS) is 13.2. The number of aromatic nitrogens is 2. The number of carbonyl (C=O) groups excluding carboxylic acids is 1. The predicted octanol–water partition coefficient (Wildman–Crippen LogP) is 5.00. The fourth-order valence-corrected chi connectivity index (χ4v) is 3.88. The van der Waals surface area contributed by atoms with E-state index in [4.69, 9.17) is 16.0 Å². The molecule has 4 rings (SSSR count). The van der Waals surface area contributed by atoms with Crippen molar-refractivity contribution < 1.29 is 9.21 Å².